The first-order chi connectivity index (χ1) is 13.0. The zero-order valence-electron chi connectivity index (χ0n) is 15.1. The fourth-order valence-corrected chi connectivity index (χ4v) is 3.85. The topological polar surface area (TPSA) is 97.6 Å². The van der Waals surface area contributed by atoms with Gasteiger partial charge in [-0.2, -0.15) is 0 Å². The average Bonchev–Trinajstić information content (AvgIpc) is 3.09. The van der Waals surface area contributed by atoms with Crippen molar-refractivity contribution in [1.29, 1.82) is 0 Å². The van der Waals surface area contributed by atoms with Crippen LogP contribution in [0.2, 0.25) is 0 Å². The van der Waals surface area contributed by atoms with Crippen molar-refractivity contribution in [2.24, 2.45) is 0 Å². The number of piperidine rings is 1. The maximum absolute atomic E-state index is 12.0. The largest absolute Gasteiger partial charge is 0.484 e. The predicted molar refractivity (Wildman–Crippen MR) is 103 cm³/mol. The third kappa shape index (κ3) is 5.48. The Balaban J connectivity index is 1.46. The van der Waals surface area contributed by atoms with E-state index in [-0.39, 0.29) is 18.2 Å². The smallest absolute Gasteiger partial charge is 0.269 e. The molecule has 3 rings (SSSR count). The number of carbonyl (C=O) groups excluding carboxylic acids is 1. The number of rotatable bonds is 7. The van der Waals surface area contributed by atoms with Crippen LogP contribution in [-0.2, 0) is 11.3 Å². The van der Waals surface area contributed by atoms with Crippen molar-refractivity contribution in [3.05, 3.63) is 45.5 Å². The van der Waals surface area contributed by atoms with Crippen molar-refractivity contribution in [1.82, 2.24) is 9.88 Å². The van der Waals surface area contributed by atoms with Crippen molar-refractivity contribution < 1.29 is 14.5 Å². The second-order valence-corrected chi connectivity index (χ2v) is 7.65. The van der Waals surface area contributed by atoms with Gasteiger partial charge < -0.3 is 4.74 Å². The summed E-state index contributed by atoms with van der Waals surface area (Å²) >= 11 is 1.47. The summed E-state index contributed by atoms with van der Waals surface area (Å²) in [4.78, 5) is 30.0. The van der Waals surface area contributed by atoms with E-state index in [0.29, 0.717) is 16.9 Å². The Hall–Kier alpha value is -2.52. The molecule has 0 saturated carbocycles. The molecule has 1 atom stereocenters. The molecule has 1 N–H and O–H groups in total. The maximum atomic E-state index is 12.0. The molecule has 144 valence electrons. The first-order valence-corrected chi connectivity index (χ1v) is 9.69. The Morgan fingerprint density at radius 3 is 2.89 bits per heavy atom. The van der Waals surface area contributed by atoms with Gasteiger partial charge in [-0.3, -0.25) is 25.1 Å². The van der Waals surface area contributed by atoms with Crippen molar-refractivity contribution in [2.45, 2.75) is 38.8 Å². The van der Waals surface area contributed by atoms with Gasteiger partial charge >= 0.3 is 0 Å². The van der Waals surface area contributed by atoms with Gasteiger partial charge in [0.25, 0.3) is 11.6 Å². The van der Waals surface area contributed by atoms with E-state index in [0.717, 1.165) is 18.0 Å². The highest BCUT2D eigenvalue weighted by molar-refractivity contribution is 7.15. The van der Waals surface area contributed by atoms with E-state index in [2.05, 4.69) is 22.1 Å². The van der Waals surface area contributed by atoms with E-state index in [1.165, 1.54) is 54.9 Å². The lowest BCUT2D eigenvalue weighted by Crippen LogP contribution is -2.36. The van der Waals surface area contributed by atoms with Gasteiger partial charge in [0.15, 0.2) is 11.7 Å². The van der Waals surface area contributed by atoms with Crippen molar-refractivity contribution in [2.75, 3.05) is 18.5 Å². The minimum atomic E-state index is -0.485. The number of non-ortho nitro benzene ring substituents is 1. The summed E-state index contributed by atoms with van der Waals surface area (Å²) in [5.74, 6) is 0.0789. The first kappa shape index (κ1) is 19.2. The van der Waals surface area contributed by atoms with Crippen molar-refractivity contribution in [3.63, 3.8) is 0 Å². The summed E-state index contributed by atoms with van der Waals surface area (Å²) in [7, 11) is 0. The molecule has 27 heavy (non-hydrogen) atoms. The molecule has 1 aromatic heterocycles. The fourth-order valence-electron chi connectivity index (χ4n) is 3.00. The van der Waals surface area contributed by atoms with E-state index in [1.807, 2.05) is 0 Å². The number of nitrogens with one attached hydrogen (secondary N) is 1. The Kier molecular flexibility index (Phi) is 6.36. The van der Waals surface area contributed by atoms with Gasteiger partial charge in [-0.25, -0.2) is 4.98 Å². The number of anilines is 1. The molecule has 1 fully saturated rings. The summed E-state index contributed by atoms with van der Waals surface area (Å²) in [6, 6.07) is 6.18. The summed E-state index contributed by atoms with van der Waals surface area (Å²) in [6.07, 6.45) is 5.55. The molecule has 1 aliphatic rings. The van der Waals surface area contributed by atoms with Crippen LogP contribution < -0.4 is 10.1 Å². The van der Waals surface area contributed by atoms with Gasteiger partial charge in [0.1, 0.15) is 5.75 Å². The highest BCUT2D eigenvalue weighted by Crippen LogP contribution is 2.24. The SMILES string of the molecule is CC1CCCCN1Cc1cnc(NC(=O)COc2ccc([N+](=O)[O-])cc2)s1. The molecular weight excluding hydrogens is 368 g/mol. The molecule has 1 amide bonds. The standard InChI is InChI=1S/C18H22N4O4S/c1-13-4-2-3-9-21(13)11-16-10-19-18(27-16)20-17(23)12-26-15-7-5-14(6-8-15)22(24)25/h5-8,10,13H,2-4,9,11-12H2,1H3,(H,19,20,23). The number of hydrogen-bond donors (Lipinski definition) is 1. The molecule has 1 unspecified atom stereocenters. The van der Waals surface area contributed by atoms with Gasteiger partial charge in [0, 0.05) is 35.8 Å². The minimum Gasteiger partial charge on any atom is -0.484 e. The number of hydrogen-bond acceptors (Lipinski definition) is 7. The summed E-state index contributed by atoms with van der Waals surface area (Å²) in [6.45, 7) is 4.02. The summed E-state index contributed by atoms with van der Waals surface area (Å²) in [5, 5.41) is 13.9. The van der Waals surface area contributed by atoms with Crippen LogP contribution in [0.3, 0.4) is 0 Å². The normalized spacial score (nSPS) is 17.4. The number of ether oxygens (including phenoxy) is 1. The van der Waals surface area contributed by atoms with Gasteiger partial charge in [-0.15, -0.1) is 11.3 Å². The number of aromatic nitrogens is 1. The third-order valence-electron chi connectivity index (χ3n) is 4.52. The summed E-state index contributed by atoms with van der Waals surface area (Å²) < 4.78 is 5.35. The molecule has 1 saturated heterocycles. The van der Waals surface area contributed by atoms with Crippen LogP contribution in [0.4, 0.5) is 10.8 Å². The van der Waals surface area contributed by atoms with E-state index < -0.39 is 4.92 Å². The number of thiazole rings is 1. The highest BCUT2D eigenvalue weighted by Gasteiger charge is 2.19. The minimum absolute atomic E-state index is 0.0230. The lowest BCUT2D eigenvalue weighted by atomic mass is 10.0. The molecule has 2 aromatic rings. The molecule has 0 bridgehead atoms. The van der Waals surface area contributed by atoms with Gasteiger partial charge in [-0.1, -0.05) is 6.42 Å². The van der Waals surface area contributed by atoms with E-state index in [1.54, 1.807) is 6.20 Å². The lowest BCUT2D eigenvalue weighted by molar-refractivity contribution is -0.384. The van der Waals surface area contributed by atoms with E-state index in [4.69, 9.17) is 4.74 Å². The first-order valence-electron chi connectivity index (χ1n) is 8.87. The van der Waals surface area contributed by atoms with Crippen LogP contribution in [0, 0.1) is 10.1 Å². The van der Waals surface area contributed by atoms with Gasteiger partial charge in [0.05, 0.1) is 4.92 Å². The number of carbonyl (C=O) groups is 1. The Bertz CT molecular complexity index is 793. The predicted octanol–water partition coefficient (Wildman–Crippen LogP) is 3.44. The number of nitro groups is 1. The Labute approximate surface area is 161 Å². The van der Waals surface area contributed by atoms with Crippen LogP contribution in [0.5, 0.6) is 5.75 Å². The molecule has 1 aromatic carbocycles. The van der Waals surface area contributed by atoms with Gasteiger partial charge in [-0.05, 0) is 38.4 Å². The van der Waals surface area contributed by atoms with E-state index >= 15 is 0 Å². The Morgan fingerprint density at radius 1 is 1.41 bits per heavy atom. The fraction of sp³-hybridized carbons (Fsp3) is 0.444. The number of nitrogens with zero attached hydrogens (tertiary/aromatic N) is 3. The van der Waals surface area contributed by atoms with Crippen LogP contribution in [0.1, 0.15) is 31.1 Å². The molecule has 0 spiro atoms. The average molecular weight is 390 g/mol. The molecular formula is C18H22N4O4S. The second kappa shape index (κ2) is 8.92. The zero-order chi connectivity index (χ0) is 19.2. The van der Waals surface area contributed by atoms with Gasteiger partial charge in [0.2, 0.25) is 0 Å². The lowest BCUT2D eigenvalue weighted by Gasteiger charge is -2.32. The number of benzene rings is 1. The van der Waals surface area contributed by atoms with Crippen LogP contribution in [0.25, 0.3) is 0 Å². The second-order valence-electron chi connectivity index (χ2n) is 6.53. The highest BCUT2D eigenvalue weighted by atomic mass is 32.1. The zero-order valence-corrected chi connectivity index (χ0v) is 15.9. The number of likely N-dealkylation sites (tertiary alicyclic amines) is 1. The number of nitro benzene ring substituents is 1. The maximum Gasteiger partial charge on any atom is 0.269 e. The third-order valence-corrected chi connectivity index (χ3v) is 5.41. The molecule has 8 nitrogen and oxygen atoms in total. The quantitative estimate of drug-likeness (QED) is 0.574. The monoisotopic (exact) mass is 390 g/mol. The molecule has 0 aliphatic carbocycles. The number of amides is 1. The van der Waals surface area contributed by atoms with Crippen LogP contribution >= 0.6 is 11.3 Å². The van der Waals surface area contributed by atoms with E-state index in [9.17, 15) is 14.9 Å². The van der Waals surface area contributed by atoms with Crippen LogP contribution in [-0.4, -0.2) is 39.9 Å². The molecule has 0 radical (unpaired) electrons. The molecule has 1 aliphatic heterocycles. The summed E-state index contributed by atoms with van der Waals surface area (Å²) in [5.41, 5.74) is -0.0230. The Morgan fingerprint density at radius 2 is 2.19 bits per heavy atom. The van der Waals surface area contributed by atoms with Crippen molar-refractivity contribution >= 4 is 28.1 Å². The van der Waals surface area contributed by atoms with Crippen LogP contribution in [0.15, 0.2) is 30.5 Å². The molecule has 9 heteroatoms. The molecule has 2 heterocycles. The van der Waals surface area contributed by atoms with Crippen molar-refractivity contribution in [3.8, 4) is 5.75 Å².